The number of nitrogens with one attached hydrogen (secondary N) is 3. The monoisotopic (exact) mass is 365 g/mol. The molecule has 1 aromatic carbocycles. The SMILES string of the molecule is O=C(NC1CCNCC1)c1cc(C(=O)c2cccc(Cl)c2Cl)c[nH]1. The third-order valence-corrected chi connectivity index (χ3v) is 4.88. The van der Waals surface area contributed by atoms with Crippen LogP contribution in [0.1, 0.15) is 39.3 Å². The zero-order valence-corrected chi connectivity index (χ0v) is 14.4. The third-order valence-electron chi connectivity index (χ3n) is 4.06. The molecule has 1 fully saturated rings. The van der Waals surface area contributed by atoms with E-state index in [2.05, 4.69) is 15.6 Å². The summed E-state index contributed by atoms with van der Waals surface area (Å²) in [5, 5.41) is 6.76. The second-order valence-corrected chi connectivity index (χ2v) is 6.52. The van der Waals surface area contributed by atoms with Gasteiger partial charge < -0.3 is 15.6 Å². The van der Waals surface area contributed by atoms with Crippen LogP contribution in [0.25, 0.3) is 0 Å². The largest absolute Gasteiger partial charge is 0.356 e. The number of hydrogen-bond donors (Lipinski definition) is 3. The lowest BCUT2D eigenvalue weighted by Crippen LogP contribution is -2.42. The van der Waals surface area contributed by atoms with Gasteiger partial charge in [0, 0.05) is 23.4 Å². The number of piperidine rings is 1. The lowest BCUT2D eigenvalue weighted by molar-refractivity contribution is 0.0925. The molecule has 2 aromatic rings. The molecule has 1 aromatic heterocycles. The van der Waals surface area contributed by atoms with Gasteiger partial charge in [0.15, 0.2) is 5.78 Å². The van der Waals surface area contributed by atoms with Gasteiger partial charge in [-0.3, -0.25) is 9.59 Å². The first kappa shape index (κ1) is 17.0. The summed E-state index contributed by atoms with van der Waals surface area (Å²) in [5.74, 6) is -0.488. The minimum atomic E-state index is -0.278. The lowest BCUT2D eigenvalue weighted by atomic mass is 10.1. The number of carbonyl (C=O) groups is 2. The first-order valence-corrected chi connectivity index (χ1v) is 8.50. The summed E-state index contributed by atoms with van der Waals surface area (Å²) >= 11 is 12.0. The molecule has 0 radical (unpaired) electrons. The highest BCUT2D eigenvalue weighted by atomic mass is 35.5. The van der Waals surface area contributed by atoms with Crippen molar-refractivity contribution in [1.82, 2.24) is 15.6 Å². The smallest absolute Gasteiger partial charge is 0.267 e. The fraction of sp³-hybridized carbons (Fsp3) is 0.294. The minimum Gasteiger partial charge on any atom is -0.356 e. The Bertz CT molecular complexity index is 767. The summed E-state index contributed by atoms with van der Waals surface area (Å²) in [6.07, 6.45) is 3.31. The zero-order valence-electron chi connectivity index (χ0n) is 12.9. The Morgan fingerprint density at radius 2 is 1.92 bits per heavy atom. The highest BCUT2D eigenvalue weighted by Gasteiger charge is 2.20. The predicted octanol–water partition coefficient (Wildman–Crippen LogP) is 3.03. The first-order chi connectivity index (χ1) is 11.6. The van der Waals surface area contributed by atoms with E-state index in [1.165, 1.54) is 12.3 Å². The van der Waals surface area contributed by atoms with Crippen LogP contribution >= 0.6 is 23.2 Å². The minimum absolute atomic E-state index is 0.156. The Kier molecular flexibility index (Phi) is 5.23. The quantitative estimate of drug-likeness (QED) is 0.729. The fourth-order valence-corrected chi connectivity index (χ4v) is 3.11. The van der Waals surface area contributed by atoms with Crippen LogP contribution < -0.4 is 10.6 Å². The second-order valence-electron chi connectivity index (χ2n) is 5.73. The lowest BCUT2D eigenvalue weighted by Gasteiger charge is -2.23. The van der Waals surface area contributed by atoms with E-state index in [1.54, 1.807) is 18.2 Å². The molecule has 1 aliphatic heterocycles. The number of H-pyrrole nitrogens is 1. The molecule has 1 saturated heterocycles. The summed E-state index contributed by atoms with van der Waals surface area (Å²) in [5.41, 5.74) is 1.04. The van der Waals surface area contributed by atoms with E-state index < -0.39 is 0 Å². The van der Waals surface area contributed by atoms with Crippen LogP contribution in [0.3, 0.4) is 0 Å². The van der Waals surface area contributed by atoms with Crippen molar-refractivity contribution in [2.45, 2.75) is 18.9 Å². The normalized spacial score (nSPS) is 15.2. The highest BCUT2D eigenvalue weighted by Crippen LogP contribution is 2.27. The number of aromatic amines is 1. The van der Waals surface area contributed by atoms with Crippen LogP contribution in [-0.2, 0) is 0 Å². The molecule has 2 heterocycles. The van der Waals surface area contributed by atoms with Crippen LogP contribution in [0.5, 0.6) is 0 Å². The summed E-state index contributed by atoms with van der Waals surface area (Å²) in [4.78, 5) is 27.7. The molecule has 0 spiro atoms. The molecule has 0 bridgehead atoms. The summed E-state index contributed by atoms with van der Waals surface area (Å²) in [6.45, 7) is 1.79. The Balaban J connectivity index is 1.73. The number of halogens is 2. The summed E-state index contributed by atoms with van der Waals surface area (Å²) in [6, 6.07) is 6.59. The van der Waals surface area contributed by atoms with E-state index in [0.29, 0.717) is 21.8 Å². The van der Waals surface area contributed by atoms with Gasteiger partial charge in [-0.15, -0.1) is 0 Å². The van der Waals surface area contributed by atoms with Crippen molar-refractivity contribution in [2.24, 2.45) is 0 Å². The predicted molar refractivity (Wildman–Crippen MR) is 94.0 cm³/mol. The summed E-state index contributed by atoms with van der Waals surface area (Å²) < 4.78 is 0. The van der Waals surface area contributed by atoms with Crippen molar-refractivity contribution in [3.8, 4) is 0 Å². The van der Waals surface area contributed by atoms with Crippen molar-refractivity contribution >= 4 is 34.9 Å². The van der Waals surface area contributed by atoms with Gasteiger partial charge in [-0.05, 0) is 44.1 Å². The average molecular weight is 366 g/mol. The van der Waals surface area contributed by atoms with Crippen molar-refractivity contribution in [3.63, 3.8) is 0 Å². The van der Waals surface area contributed by atoms with E-state index in [1.807, 2.05) is 0 Å². The molecule has 3 N–H and O–H groups in total. The Morgan fingerprint density at radius 1 is 1.17 bits per heavy atom. The van der Waals surface area contributed by atoms with E-state index in [9.17, 15) is 9.59 Å². The molecule has 3 rings (SSSR count). The van der Waals surface area contributed by atoms with Gasteiger partial charge >= 0.3 is 0 Å². The van der Waals surface area contributed by atoms with Crippen molar-refractivity contribution in [1.29, 1.82) is 0 Å². The Labute approximate surface area is 149 Å². The van der Waals surface area contributed by atoms with E-state index >= 15 is 0 Å². The standard InChI is InChI=1S/C17H17Cl2N3O2/c18-13-3-1-2-12(15(13)19)16(23)10-8-14(21-9-10)17(24)22-11-4-6-20-7-5-11/h1-3,8-9,11,20-21H,4-7H2,(H,22,24). The molecule has 1 aliphatic rings. The zero-order chi connectivity index (χ0) is 17.1. The number of aromatic nitrogens is 1. The van der Waals surface area contributed by atoms with Gasteiger partial charge in [-0.1, -0.05) is 29.3 Å². The van der Waals surface area contributed by atoms with E-state index in [-0.39, 0.29) is 22.8 Å². The fourth-order valence-electron chi connectivity index (χ4n) is 2.72. The maximum Gasteiger partial charge on any atom is 0.267 e. The van der Waals surface area contributed by atoms with Crippen LogP contribution in [-0.4, -0.2) is 35.8 Å². The van der Waals surface area contributed by atoms with Crippen molar-refractivity contribution in [2.75, 3.05) is 13.1 Å². The number of ketones is 1. The van der Waals surface area contributed by atoms with E-state index in [0.717, 1.165) is 25.9 Å². The molecule has 5 nitrogen and oxygen atoms in total. The van der Waals surface area contributed by atoms with Crippen LogP contribution in [0.2, 0.25) is 10.0 Å². The van der Waals surface area contributed by atoms with Gasteiger partial charge in [0.25, 0.3) is 5.91 Å². The molecule has 24 heavy (non-hydrogen) atoms. The van der Waals surface area contributed by atoms with Crippen LogP contribution in [0, 0.1) is 0 Å². The topological polar surface area (TPSA) is 74.0 Å². The van der Waals surface area contributed by atoms with E-state index in [4.69, 9.17) is 23.2 Å². The van der Waals surface area contributed by atoms with Gasteiger partial charge in [0.1, 0.15) is 5.69 Å². The van der Waals surface area contributed by atoms with Crippen LogP contribution in [0.4, 0.5) is 0 Å². The van der Waals surface area contributed by atoms with Crippen molar-refractivity contribution < 1.29 is 9.59 Å². The van der Waals surface area contributed by atoms with Crippen LogP contribution in [0.15, 0.2) is 30.5 Å². The molecule has 7 heteroatoms. The molecule has 0 unspecified atom stereocenters. The number of amides is 1. The maximum atomic E-state index is 12.5. The molecule has 0 saturated carbocycles. The molecule has 126 valence electrons. The van der Waals surface area contributed by atoms with Gasteiger partial charge in [0.05, 0.1) is 10.0 Å². The summed E-state index contributed by atoms with van der Waals surface area (Å²) in [7, 11) is 0. The molecule has 0 aliphatic carbocycles. The van der Waals surface area contributed by atoms with Crippen molar-refractivity contribution in [3.05, 3.63) is 57.3 Å². The van der Waals surface area contributed by atoms with Gasteiger partial charge in [0.2, 0.25) is 0 Å². The highest BCUT2D eigenvalue weighted by molar-refractivity contribution is 6.44. The Hall–Kier alpha value is -1.82. The molecular weight excluding hydrogens is 349 g/mol. The first-order valence-electron chi connectivity index (χ1n) is 7.75. The second kappa shape index (κ2) is 7.38. The van der Waals surface area contributed by atoms with Gasteiger partial charge in [-0.2, -0.15) is 0 Å². The Morgan fingerprint density at radius 3 is 2.67 bits per heavy atom. The number of carbonyl (C=O) groups excluding carboxylic acids is 2. The third kappa shape index (κ3) is 3.64. The molecular formula is C17H17Cl2N3O2. The molecule has 1 amide bonds. The molecule has 0 atom stereocenters. The number of benzene rings is 1. The number of rotatable bonds is 4. The number of hydrogen-bond acceptors (Lipinski definition) is 3. The average Bonchev–Trinajstić information content (AvgIpc) is 3.08. The maximum absolute atomic E-state index is 12.5. The van der Waals surface area contributed by atoms with Gasteiger partial charge in [-0.25, -0.2) is 0 Å².